The molecule has 6 heteroatoms. The zero-order chi connectivity index (χ0) is 19.4. The zero-order valence-electron chi connectivity index (χ0n) is 15.5. The van der Waals surface area contributed by atoms with Crippen LogP contribution in [0.2, 0.25) is 0 Å². The smallest absolute Gasteiger partial charge is 0.295 e. The summed E-state index contributed by atoms with van der Waals surface area (Å²) in [6, 6.07) is 12.0. The van der Waals surface area contributed by atoms with Crippen LogP contribution < -0.4 is 0 Å². The molecule has 2 aromatic rings. The van der Waals surface area contributed by atoms with Crippen molar-refractivity contribution >= 4 is 17.4 Å². The van der Waals surface area contributed by atoms with E-state index in [9.17, 15) is 14.7 Å². The maximum absolute atomic E-state index is 12.8. The van der Waals surface area contributed by atoms with E-state index in [0.717, 1.165) is 18.5 Å². The summed E-state index contributed by atoms with van der Waals surface area (Å²) in [4.78, 5) is 33.0. The van der Waals surface area contributed by atoms with Gasteiger partial charge in [-0.25, -0.2) is 0 Å². The lowest BCUT2D eigenvalue weighted by atomic mass is 9.95. The van der Waals surface area contributed by atoms with Gasteiger partial charge in [0.05, 0.1) is 11.6 Å². The molecular formula is C21H23N3O3. The van der Waals surface area contributed by atoms with Crippen molar-refractivity contribution in [1.29, 1.82) is 0 Å². The van der Waals surface area contributed by atoms with Gasteiger partial charge in [-0.2, -0.15) is 0 Å². The third-order valence-electron chi connectivity index (χ3n) is 4.61. The molecule has 2 heterocycles. The molecule has 0 spiro atoms. The highest BCUT2D eigenvalue weighted by atomic mass is 16.3. The number of hydrogen-bond donors (Lipinski definition) is 1. The summed E-state index contributed by atoms with van der Waals surface area (Å²) >= 11 is 0. The van der Waals surface area contributed by atoms with Crippen LogP contribution in [0, 0.1) is 0 Å². The number of benzene rings is 1. The minimum absolute atomic E-state index is 0.127. The Bertz CT molecular complexity index is 847. The molecule has 1 unspecified atom stereocenters. The van der Waals surface area contributed by atoms with E-state index in [4.69, 9.17) is 0 Å². The summed E-state index contributed by atoms with van der Waals surface area (Å²) in [7, 11) is 3.93. The molecule has 1 atom stereocenters. The number of nitrogens with zero attached hydrogens (tertiary/aromatic N) is 3. The highest BCUT2D eigenvalue weighted by molar-refractivity contribution is 6.46. The van der Waals surface area contributed by atoms with Crippen LogP contribution in [0.15, 0.2) is 60.4 Å². The SMILES string of the molecule is CN(C)CCCN1C(=O)C(=O)/C(=C(/O)c2ccncc2)C1c1ccccc1. The average Bonchev–Trinajstić information content (AvgIpc) is 2.93. The Morgan fingerprint density at radius 1 is 1.11 bits per heavy atom. The number of hydrogen-bond acceptors (Lipinski definition) is 5. The Hall–Kier alpha value is -2.99. The van der Waals surface area contributed by atoms with Crippen LogP contribution in [0.1, 0.15) is 23.6 Å². The Labute approximate surface area is 158 Å². The molecule has 1 aromatic heterocycles. The first kappa shape index (κ1) is 18.8. The Morgan fingerprint density at radius 3 is 2.41 bits per heavy atom. The zero-order valence-corrected chi connectivity index (χ0v) is 15.5. The minimum Gasteiger partial charge on any atom is -0.507 e. The van der Waals surface area contributed by atoms with Crippen LogP contribution in [0.4, 0.5) is 0 Å². The molecule has 0 bridgehead atoms. The maximum Gasteiger partial charge on any atom is 0.295 e. The summed E-state index contributed by atoms with van der Waals surface area (Å²) in [6.45, 7) is 1.24. The van der Waals surface area contributed by atoms with Crippen LogP contribution in [-0.2, 0) is 9.59 Å². The average molecular weight is 365 g/mol. The number of carbonyl (C=O) groups is 2. The predicted octanol–water partition coefficient (Wildman–Crippen LogP) is 2.46. The van der Waals surface area contributed by atoms with Crippen molar-refractivity contribution in [3.8, 4) is 0 Å². The number of aromatic nitrogens is 1. The lowest BCUT2D eigenvalue weighted by Gasteiger charge is -2.25. The van der Waals surface area contributed by atoms with Gasteiger partial charge in [-0.1, -0.05) is 30.3 Å². The van der Waals surface area contributed by atoms with Gasteiger partial charge < -0.3 is 14.9 Å². The van der Waals surface area contributed by atoms with Gasteiger partial charge in [-0.3, -0.25) is 14.6 Å². The molecule has 1 N–H and O–H groups in total. The van der Waals surface area contributed by atoms with E-state index in [1.807, 2.05) is 49.3 Å². The molecule has 1 saturated heterocycles. The molecule has 0 aliphatic carbocycles. The standard InChI is InChI=1S/C21H23N3O3/c1-23(2)13-6-14-24-18(15-7-4-3-5-8-15)17(20(26)21(24)27)19(25)16-9-11-22-12-10-16/h3-5,7-12,18,25H,6,13-14H2,1-2H3/b19-17+. The van der Waals surface area contributed by atoms with Crippen molar-refractivity contribution in [2.45, 2.75) is 12.5 Å². The van der Waals surface area contributed by atoms with E-state index >= 15 is 0 Å². The summed E-state index contributed by atoms with van der Waals surface area (Å²) in [5.74, 6) is -1.39. The fraction of sp³-hybridized carbons (Fsp3) is 0.286. The van der Waals surface area contributed by atoms with E-state index in [2.05, 4.69) is 4.98 Å². The molecule has 27 heavy (non-hydrogen) atoms. The summed E-state index contributed by atoms with van der Waals surface area (Å²) in [5.41, 5.74) is 1.40. The number of rotatable bonds is 6. The van der Waals surface area contributed by atoms with Crippen LogP contribution in [0.25, 0.3) is 5.76 Å². The number of carbonyl (C=O) groups excluding carboxylic acids is 2. The van der Waals surface area contributed by atoms with E-state index in [1.165, 1.54) is 0 Å². The molecule has 1 aliphatic rings. The maximum atomic E-state index is 12.8. The Morgan fingerprint density at radius 2 is 1.78 bits per heavy atom. The molecule has 3 rings (SSSR count). The number of amides is 1. The van der Waals surface area contributed by atoms with E-state index in [0.29, 0.717) is 12.1 Å². The highest BCUT2D eigenvalue weighted by Gasteiger charge is 2.45. The van der Waals surface area contributed by atoms with Gasteiger partial charge in [0, 0.05) is 24.5 Å². The highest BCUT2D eigenvalue weighted by Crippen LogP contribution is 2.39. The third-order valence-corrected chi connectivity index (χ3v) is 4.61. The minimum atomic E-state index is -0.650. The fourth-order valence-electron chi connectivity index (χ4n) is 3.32. The number of pyridine rings is 1. The number of aliphatic hydroxyl groups is 1. The van der Waals surface area contributed by atoms with Crippen LogP contribution in [0.5, 0.6) is 0 Å². The molecule has 1 amide bonds. The monoisotopic (exact) mass is 365 g/mol. The Balaban J connectivity index is 2.05. The molecule has 1 fully saturated rings. The number of Topliss-reactive ketones (excluding diaryl/α,β-unsaturated/α-hetero) is 1. The van der Waals surface area contributed by atoms with E-state index < -0.39 is 17.7 Å². The molecule has 0 radical (unpaired) electrons. The van der Waals surface area contributed by atoms with E-state index in [-0.39, 0.29) is 11.3 Å². The normalized spacial score (nSPS) is 19.1. The van der Waals surface area contributed by atoms with Crippen LogP contribution in [-0.4, -0.2) is 58.8 Å². The largest absolute Gasteiger partial charge is 0.507 e. The number of likely N-dealkylation sites (tertiary alicyclic amines) is 1. The molecule has 0 saturated carbocycles. The van der Waals surface area contributed by atoms with E-state index in [1.54, 1.807) is 29.4 Å². The van der Waals surface area contributed by atoms with Gasteiger partial charge in [-0.15, -0.1) is 0 Å². The van der Waals surface area contributed by atoms with Gasteiger partial charge in [0.1, 0.15) is 5.76 Å². The second-order valence-electron chi connectivity index (χ2n) is 6.80. The van der Waals surface area contributed by atoms with Gasteiger partial charge in [0.15, 0.2) is 0 Å². The third kappa shape index (κ3) is 3.90. The van der Waals surface area contributed by atoms with Crippen LogP contribution >= 0.6 is 0 Å². The molecular weight excluding hydrogens is 342 g/mol. The van der Waals surface area contributed by atoms with Crippen molar-refractivity contribution in [2.75, 3.05) is 27.2 Å². The topological polar surface area (TPSA) is 73.7 Å². The molecule has 140 valence electrons. The second-order valence-corrected chi connectivity index (χ2v) is 6.80. The number of aliphatic hydroxyl groups excluding tert-OH is 1. The molecule has 6 nitrogen and oxygen atoms in total. The quantitative estimate of drug-likeness (QED) is 0.484. The summed E-state index contributed by atoms with van der Waals surface area (Å²) < 4.78 is 0. The second kappa shape index (κ2) is 8.14. The van der Waals surface area contributed by atoms with Crippen LogP contribution in [0.3, 0.4) is 0 Å². The first-order valence-electron chi connectivity index (χ1n) is 8.89. The Kier molecular flexibility index (Phi) is 5.66. The molecule has 1 aromatic carbocycles. The van der Waals surface area contributed by atoms with Gasteiger partial charge >= 0.3 is 0 Å². The fourth-order valence-corrected chi connectivity index (χ4v) is 3.32. The number of ketones is 1. The van der Waals surface area contributed by atoms with Gasteiger partial charge in [0.25, 0.3) is 11.7 Å². The van der Waals surface area contributed by atoms with Gasteiger partial charge in [0.2, 0.25) is 0 Å². The predicted molar refractivity (Wildman–Crippen MR) is 103 cm³/mol. The van der Waals surface area contributed by atoms with Crippen molar-refractivity contribution in [1.82, 2.24) is 14.8 Å². The first-order valence-corrected chi connectivity index (χ1v) is 8.89. The summed E-state index contributed by atoms with van der Waals surface area (Å²) in [5, 5.41) is 10.8. The van der Waals surface area contributed by atoms with Crippen molar-refractivity contribution < 1.29 is 14.7 Å². The summed E-state index contributed by atoms with van der Waals surface area (Å²) in [6.07, 6.45) is 3.82. The van der Waals surface area contributed by atoms with Crippen molar-refractivity contribution in [3.05, 3.63) is 71.6 Å². The first-order chi connectivity index (χ1) is 13.0. The molecule has 1 aliphatic heterocycles. The van der Waals surface area contributed by atoms with Gasteiger partial charge in [-0.05, 0) is 44.8 Å². The van der Waals surface area contributed by atoms with Crippen molar-refractivity contribution in [2.24, 2.45) is 0 Å². The lowest BCUT2D eigenvalue weighted by Crippen LogP contribution is -2.32. The lowest BCUT2D eigenvalue weighted by molar-refractivity contribution is -0.139. The van der Waals surface area contributed by atoms with Crippen molar-refractivity contribution in [3.63, 3.8) is 0 Å².